The summed E-state index contributed by atoms with van der Waals surface area (Å²) in [6, 6.07) is 7.56. The second-order valence-corrected chi connectivity index (χ2v) is 4.08. The Hall–Kier alpha value is -1.61. The Morgan fingerprint density at radius 1 is 1.31 bits per heavy atom. The van der Waals surface area contributed by atoms with Crippen molar-refractivity contribution in [3.63, 3.8) is 0 Å². The molecule has 0 radical (unpaired) electrons. The SMILES string of the molecule is Cc1cccc(-n2ncc(C)c(Cl)c2=O)c1. The van der Waals surface area contributed by atoms with Crippen LogP contribution in [0.5, 0.6) is 0 Å². The molecule has 0 aliphatic rings. The minimum atomic E-state index is -0.285. The maximum Gasteiger partial charge on any atom is 0.290 e. The van der Waals surface area contributed by atoms with Crippen molar-refractivity contribution in [2.24, 2.45) is 0 Å². The first-order valence-electron chi connectivity index (χ1n) is 4.91. The van der Waals surface area contributed by atoms with Crippen molar-refractivity contribution in [2.45, 2.75) is 13.8 Å². The fourth-order valence-corrected chi connectivity index (χ4v) is 1.59. The van der Waals surface area contributed by atoms with E-state index < -0.39 is 0 Å². The van der Waals surface area contributed by atoms with Gasteiger partial charge in [-0.1, -0.05) is 23.7 Å². The zero-order valence-corrected chi connectivity index (χ0v) is 9.82. The maximum absolute atomic E-state index is 11.9. The first-order valence-corrected chi connectivity index (χ1v) is 5.29. The summed E-state index contributed by atoms with van der Waals surface area (Å²) < 4.78 is 1.31. The van der Waals surface area contributed by atoms with Crippen molar-refractivity contribution in [2.75, 3.05) is 0 Å². The van der Waals surface area contributed by atoms with Crippen molar-refractivity contribution in [3.8, 4) is 5.69 Å². The van der Waals surface area contributed by atoms with Crippen LogP contribution in [0.3, 0.4) is 0 Å². The Labute approximate surface area is 98.3 Å². The van der Waals surface area contributed by atoms with Gasteiger partial charge in [-0.25, -0.2) is 0 Å². The van der Waals surface area contributed by atoms with E-state index in [1.165, 1.54) is 4.68 Å². The quantitative estimate of drug-likeness (QED) is 0.760. The molecule has 0 amide bonds. The Bertz CT molecular complexity index is 590. The minimum absolute atomic E-state index is 0.219. The predicted molar refractivity (Wildman–Crippen MR) is 64.3 cm³/mol. The molecule has 2 rings (SSSR count). The molecule has 0 spiro atoms. The number of rotatable bonds is 1. The smallest absolute Gasteiger partial charge is 0.266 e. The monoisotopic (exact) mass is 234 g/mol. The van der Waals surface area contributed by atoms with Crippen LogP contribution in [0.15, 0.2) is 35.3 Å². The molecule has 1 heterocycles. The van der Waals surface area contributed by atoms with Gasteiger partial charge >= 0.3 is 0 Å². The highest BCUT2D eigenvalue weighted by molar-refractivity contribution is 6.31. The van der Waals surface area contributed by atoms with Crippen molar-refractivity contribution in [1.82, 2.24) is 9.78 Å². The summed E-state index contributed by atoms with van der Waals surface area (Å²) in [4.78, 5) is 11.9. The van der Waals surface area contributed by atoms with Gasteiger partial charge in [-0.15, -0.1) is 0 Å². The largest absolute Gasteiger partial charge is 0.290 e. The van der Waals surface area contributed by atoms with Crippen LogP contribution in [0.25, 0.3) is 5.69 Å². The molecule has 1 aromatic heterocycles. The summed E-state index contributed by atoms with van der Waals surface area (Å²) in [7, 11) is 0. The first kappa shape index (κ1) is 10.9. The van der Waals surface area contributed by atoms with E-state index >= 15 is 0 Å². The topological polar surface area (TPSA) is 34.9 Å². The molecule has 0 aliphatic heterocycles. The second kappa shape index (κ2) is 4.10. The zero-order valence-electron chi connectivity index (χ0n) is 9.07. The van der Waals surface area contributed by atoms with E-state index in [9.17, 15) is 4.79 Å². The zero-order chi connectivity index (χ0) is 11.7. The highest BCUT2D eigenvalue weighted by Gasteiger charge is 2.07. The average Bonchev–Trinajstić information content (AvgIpc) is 2.26. The molecule has 0 fully saturated rings. The summed E-state index contributed by atoms with van der Waals surface area (Å²) in [6.45, 7) is 3.72. The van der Waals surface area contributed by atoms with Crippen molar-refractivity contribution in [1.29, 1.82) is 0 Å². The number of aryl methyl sites for hydroxylation is 2. The van der Waals surface area contributed by atoms with Gasteiger partial charge in [-0.05, 0) is 37.1 Å². The van der Waals surface area contributed by atoms with Crippen LogP contribution in [0.4, 0.5) is 0 Å². The number of hydrogen-bond acceptors (Lipinski definition) is 2. The van der Waals surface area contributed by atoms with E-state index in [0.29, 0.717) is 5.56 Å². The minimum Gasteiger partial charge on any atom is -0.266 e. The molecule has 0 bridgehead atoms. The van der Waals surface area contributed by atoms with Crippen LogP contribution in [0, 0.1) is 13.8 Å². The lowest BCUT2D eigenvalue weighted by Gasteiger charge is -2.06. The van der Waals surface area contributed by atoms with Crippen LogP contribution in [0.1, 0.15) is 11.1 Å². The summed E-state index contributed by atoms with van der Waals surface area (Å²) in [5, 5.41) is 4.29. The van der Waals surface area contributed by atoms with Gasteiger partial charge in [0.25, 0.3) is 5.56 Å². The normalized spacial score (nSPS) is 10.4. The molecule has 0 unspecified atom stereocenters. The number of halogens is 1. The van der Waals surface area contributed by atoms with E-state index in [2.05, 4.69) is 5.10 Å². The fraction of sp³-hybridized carbons (Fsp3) is 0.167. The number of hydrogen-bond donors (Lipinski definition) is 0. The predicted octanol–water partition coefficient (Wildman–Crippen LogP) is 2.50. The molecule has 82 valence electrons. The van der Waals surface area contributed by atoms with E-state index in [1.807, 2.05) is 31.2 Å². The molecule has 3 nitrogen and oxygen atoms in total. The average molecular weight is 235 g/mol. The van der Waals surface area contributed by atoms with Gasteiger partial charge in [0.05, 0.1) is 11.9 Å². The van der Waals surface area contributed by atoms with Crippen LogP contribution in [-0.4, -0.2) is 9.78 Å². The van der Waals surface area contributed by atoms with Gasteiger partial charge in [-0.2, -0.15) is 9.78 Å². The van der Waals surface area contributed by atoms with Gasteiger partial charge in [0, 0.05) is 0 Å². The van der Waals surface area contributed by atoms with Gasteiger partial charge in [0.1, 0.15) is 5.02 Å². The Kier molecular flexibility index (Phi) is 2.79. The van der Waals surface area contributed by atoms with Crippen molar-refractivity contribution in [3.05, 3.63) is 57.0 Å². The fourth-order valence-electron chi connectivity index (χ4n) is 1.46. The molecule has 2 aromatic rings. The molecule has 0 saturated heterocycles. The Balaban J connectivity index is 2.66. The molecule has 0 saturated carbocycles. The summed E-state index contributed by atoms with van der Waals surface area (Å²) in [5.74, 6) is 0. The van der Waals surface area contributed by atoms with E-state index in [-0.39, 0.29) is 10.6 Å². The number of aromatic nitrogens is 2. The van der Waals surface area contributed by atoms with E-state index in [0.717, 1.165) is 11.3 Å². The third kappa shape index (κ3) is 1.86. The summed E-state index contributed by atoms with van der Waals surface area (Å²) in [5.41, 5.74) is 2.21. The third-order valence-electron chi connectivity index (χ3n) is 2.34. The van der Waals surface area contributed by atoms with E-state index in [1.54, 1.807) is 13.1 Å². The molecule has 4 heteroatoms. The first-order chi connectivity index (χ1) is 7.59. The van der Waals surface area contributed by atoms with E-state index in [4.69, 9.17) is 11.6 Å². The lowest BCUT2D eigenvalue weighted by molar-refractivity contribution is 0.800. The van der Waals surface area contributed by atoms with Gasteiger partial charge in [-0.3, -0.25) is 4.79 Å². The van der Waals surface area contributed by atoms with Gasteiger partial charge in [0.15, 0.2) is 0 Å². The maximum atomic E-state index is 11.9. The molecule has 0 aliphatic carbocycles. The molecule has 0 N–H and O–H groups in total. The molecule has 16 heavy (non-hydrogen) atoms. The number of benzene rings is 1. The molecule has 1 aromatic carbocycles. The van der Waals surface area contributed by atoms with Crippen molar-refractivity contribution >= 4 is 11.6 Å². The lowest BCUT2D eigenvalue weighted by atomic mass is 10.2. The Morgan fingerprint density at radius 2 is 2.06 bits per heavy atom. The van der Waals surface area contributed by atoms with Gasteiger partial charge in [0.2, 0.25) is 0 Å². The van der Waals surface area contributed by atoms with Gasteiger partial charge < -0.3 is 0 Å². The van der Waals surface area contributed by atoms with Crippen LogP contribution >= 0.6 is 11.6 Å². The lowest BCUT2D eigenvalue weighted by Crippen LogP contribution is -2.22. The van der Waals surface area contributed by atoms with Crippen molar-refractivity contribution < 1.29 is 0 Å². The summed E-state index contributed by atoms with van der Waals surface area (Å²) in [6.07, 6.45) is 1.59. The summed E-state index contributed by atoms with van der Waals surface area (Å²) >= 11 is 5.90. The van der Waals surface area contributed by atoms with Crippen LogP contribution < -0.4 is 5.56 Å². The van der Waals surface area contributed by atoms with Crippen LogP contribution in [-0.2, 0) is 0 Å². The highest BCUT2D eigenvalue weighted by Crippen LogP contribution is 2.10. The molecule has 0 atom stereocenters. The Morgan fingerprint density at radius 3 is 2.75 bits per heavy atom. The molecular weight excluding hydrogens is 224 g/mol. The highest BCUT2D eigenvalue weighted by atomic mass is 35.5. The second-order valence-electron chi connectivity index (χ2n) is 3.70. The third-order valence-corrected chi connectivity index (χ3v) is 2.80. The molecular formula is C12H11ClN2O. The standard InChI is InChI=1S/C12H11ClN2O/c1-8-4-3-5-10(6-8)15-12(16)11(13)9(2)7-14-15/h3-7H,1-2H3. The number of nitrogens with zero attached hydrogens (tertiary/aromatic N) is 2. The van der Waals surface area contributed by atoms with Crippen LogP contribution in [0.2, 0.25) is 5.02 Å².